The first-order valence-corrected chi connectivity index (χ1v) is 4.80. The van der Waals surface area contributed by atoms with E-state index in [1.54, 1.807) is 6.92 Å². The molecular formula is C9H15FN2O. The Morgan fingerprint density at radius 2 is 2.08 bits per heavy atom. The molecule has 0 aromatic heterocycles. The van der Waals surface area contributed by atoms with E-state index in [0.717, 1.165) is 19.5 Å². The molecule has 0 aromatic rings. The standard InChI is InChI=1S/C9H15FN2O/c1-7(13)11-3-2-9(6-11)12-4-8(10)5-12/h8-9H,2-6H2,1H3. The third-order valence-corrected chi connectivity index (χ3v) is 2.99. The van der Waals surface area contributed by atoms with Gasteiger partial charge in [0, 0.05) is 39.1 Å². The van der Waals surface area contributed by atoms with Gasteiger partial charge < -0.3 is 4.90 Å². The average molecular weight is 186 g/mol. The number of carbonyl (C=O) groups excluding carboxylic acids is 1. The molecule has 2 aliphatic heterocycles. The molecule has 13 heavy (non-hydrogen) atoms. The van der Waals surface area contributed by atoms with Gasteiger partial charge in [-0.25, -0.2) is 4.39 Å². The quantitative estimate of drug-likeness (QED) is 0.586. The number of amides is 1. The first kappa shape index (κ1) is 8.94. The van der Waals surface area contributed by atoms with Crippen LogP contribution in [0.3, 0.4) is 0 Å². The molecule has 0 spiro atoms. The second-order valence-corrected chi connectivity index (χ2v) is 3.96. The highest BCUT2D eigenvalue weighted by Crippen LogP contribution is 2.22. The lowest BCUT2D eigenvalue weighted by Gasteiger charge is -2.38. The summed E-state index contributed by atoms with van der Waals surface area (Å²) in [7, 11) is 0. The lowest BCUT2D eigenvalue weighted by atomic mass is 10.1. The highest BCUT2D eigenvalue weighted by molar-refractivity contribution is 5.73. The summed E-state index contributed by atoms with van der Waals surface area (Å²) >= 11 is 0. The molecule has 1 atom stereocenters. The molecule has 2 fully saturated rings. The molecule has 2 saturated heterocycles. The molecule has 74 valence electrons. The van der Waals surface area contributed by atoms with Crippen molar-refractivity contribution in [1.82, 2.24) is 9.80 Å². The van der Waals surface area contributed by atoms with E-state index < -0.39 is 6.17 Å². The average Bonchev–Trinajstić information content (AvgIpc) is 2.46. The summed E-state index contributed by atoms with van der Waals surface area (Å²) in [5.41, 5.74) is 0. The van der Waals surface area contributed by atoms with Gasteiger partial charge in [0.2, 0.25) is 5.91 Å². The maximum atomic E-state index is 12.6. The Labute approximate surface area is 77.5 Å². The first-order valence-electron chi connectivity index (χ1n) is 4.80. The molecule has 0 saturated carbocycles. The van der Waals surface area contributed by atoms with Crippen LogP contribution in [0.25, 0.3) is 0 Å². The molecule has 0 bridgehead atoms. The summed E-state index contributed by atoms with van der Waals surface area (Å²) in [6, 6.07) is 0.413. The molecule has 2 rings (SSSR count). The third-order valence-electron chi connectivity index (χ3n) is 2.99. The number of likely N-dealkylation sites (tertiary alicyclic amines) is 2. The molecule has 1 amide bonds. The summed E-state index contributed by atoms with van der Waals surface area (Å²) < 4.78 is 12.6. The van der Waals surface area contributed by atoms with Gasteiger partial charge in [-0.2, -0.15) is 0 Å². The molecular weight excluding hydrogens is 171 g/mol. The third kappa shape index (κ3) is 1.68. The molecule has 0 aliphatic carbocycles. The zero-order valence-electron chi connectivity index (χ0n) is 7.87. The van der Waals surface area contributed by atoms with Crippen LogP contribution in [-0.2, 0) is 4.79 Å². The number of halogens is 1. The van der Waals surface area contributed by atoms with Gasteiger partial charge in [0.1, 0.15) is 6.17 Å². The Morgan fingerprint density at radius 1 is 1.38 bits per heavy atom. The van der Waals surface area contributed by atoms with Crippen LogP contribution in [-0.4, -0.2) is 54.1 Å². The fourth-order valence-electron chi connectivity index (χ4n) is 2.08. The zero-order valence-corrected chi connectivity index (χ0v) is 7.87. The van der Waals surface area contributed by atoms with Gasteiger partial charge in [0.15, 0.2) is 0 Å². The molecule has 0 aromatic carbocycles. The Hall–Kier alpha value is -0.640. The first-order chi connectivity index (χ1) is 6.16. The van der Waals surface area contributed by atoms with Crippen LogP contribution in [0, 0.1) is 0 Å². The van der Waals surface area contributed by atoms with E-state index in [0.29, 0.717) is 19.1 Å². The van der Waals surface area contributed by atoms with Gasteiger partial charge in [-0.3, -0.25) is 9.69 Å². The molecule has 2 heterocycles. The van der Waals surface area contributed by atoms with E-state index in [4.69, 9.17) is 0 Å². The van der Waals surface area contributed by atoms with Gasteiger partial charge >= 0.3 is 0 Å². The van der Waals surface area contributed by atoms with E-state index >= 15 is 0 Å². The summed E-state index contributed by atoms with van der Waals surface area (Å²) in [4.78, 5) is 15.0. The fraction of sp³-hybridized carbons (Fsp3) is 0.889. The molecule has 1 unspecified atom stereocenters. The van der Waals surface area contributed by atoms with Crippen LogP contribution in [0.4, 0.5) is 4.39 Å². The van der Waals surface area contributed by atoms with E-state index in [2.05, 4.69) is 4.90 Å². The number of hydrogen-bond acceptors (Lipinski definition) is 2. The summed E-state index contributed by atoms with van der Waals surface area (Å²) in [5.74, 6) is 0.139. The monoisotopic (exact) mass is 186 g/mol. The molecule has 0 N–H and O–H groups in total. The molecule has 3 nitrogen and oxygen atoms in total. The minimum Gasteiger partial charge on any atom is -0.341 e. The van der Waals surface area contributed by atoms with Crippen molar-refractivity contribution in [3.05, 3.63) is 0 Å². The van der Waals surface area contributed by atoms with Crippen LogP contribution in [0.15, 0.2) is 0 Å². The van der Waals surface area contributed by atoms with Gasteiger partial charge in [0.25, 0.3) is 0 Å². The molecule has 0 radical (unpaired) electrons. The summed E-state index contributed by atoms with van der Waals surface area (Å²) in [6.07, 6.45) is 0.373. The van der Waals surface area contributed by atoms with E-state index in [-0.39, 0.29) is 5.91 Å². The summed E-state index contributed by atoms with van der Waals surface area (Å²) in [6.45, 7) is 4.36. The van der Waals surface area contributed by atoms with Crippen molar-refractivity contribution >= 4 is 5.91 Å². The number of alkyl halides is 1. The van der Waals surface area contributed by atoms with E-state index in [1.165, 1.54) is 0 Å². The van der Waals surface area contributed by atoms with Crippen LogP contribution < -0.4 is 0 Å². The van der Waals surface area contributed by atoms with Crippen molar-refractivity contribution in [2.24, 2.45) is 0 Å². The van der Waals surface area contributed by atoms with Crippen LogP contribution in [0.5, 0.6) is 0 Å². The number of rotatable bonds is 1. The molecule has 2 aliphatic rings. The maximum Gasteiger partial charge on any atom is 0.219 e. The van der Waals surface area contributed by atoms with Crippen molar-refractivity contribution in [1.29, 1.82) is 0 Å². The second-order valence-electron chi connectivity index (χ2n) is 3.96. The van der Waals surface area contributed by atoms with Gasteiger partial charge in [-0.05, 0) is 6.42 Å². The lowest BCUT2D eigenvalue weighted by molar-refractivity contribution is -0.128. The Bertz CT molecular complexity index is 216. The van der Waals surface area contributed by atoms with Gasteiger partial charge in [-0.1, -0.05) is 0 Å². The van der Waals surface area contributed by atoms with Crippen molar-refractivity contribution in [2.75, 3.05) is 26.2 Å². The van der Waals surface area contributed by atoms with Crippen molar-refractivity contribution in [3.8, 4) is 0 Å². The summed E-state index contributed by atoms with van der Waals surface area (Å²) in [5, 5.41) is 0. The number of carbonyl (C=O) groups is 1. The predicted molar refractivity (Wildman–Crippen MR) is 47.1 cm³/mol. The Morgan fingerprint density at radius 3 is 2.54 bits per heavy atom. The maximum absolute atomic E-state index is 12.6. The lowest BCUT2D eigenvalue weighted by Crippen LogP contribution is -2.54. The van der Waals surface area contributed by atoms with Crippen molar-refractivity contribution in [2.45, 2.75) is 25.6 Å². The predicted octanol–water partition coefficient (Wildman–Crippen LogP) is 0.261. The van der Waals surface area contributed by atoms with E-state index in [9.17, 15) is 9.18 Å². The normalized spacial score (nSPS) is 30.6. The van der Waals surface area contributed by atoms with Crippen LogP contribution in [0.1, 0.15) is 13.3 Å². The topological polar surface area (TPSA) is 23.6 Å². The van der Waals surface area contributed by atoms with E-state index in [1.807, 2.05) is 4.90 Å². The fourth-order valence-corrected chi connectivity index (χ4v) is 2.08. The Balaban J connectivity index is 1.81. The smallest absolute Gasteiger partial charge is 0.219 e. The van der Waals surface area contributed by atoms with Crippen molar-refractivity contribution < 1.29 is 9.18 Å². The van der Waals surface area contributed by atoms with Crippen molar-refractivity contribution in [3.63, 3.8) is 0 Å². The number of hydrogen-bond donors (Lipinski definition) is 0. The zero-order chi connectivity index (χ0) is 9.42. The second kappa shape index (κ2) is 3.25. The molecule has 4 heteroatoms. The SMILES string of the molecule is CC(=O)N1CCC(N2CC(F)C2)C1. The largest absolute Gasteiger partial charge is 0.341 e. The minimum absolute atomic E-state index is 0.139. The van der Waals surface area contributed by atoms with Crippen LogP contribution in [0.2, 0.25) is 0 Å². The van der Waals surface area contributed by atoms with Crippen LogP contribution >= 0.6 is 0 Å². The minimum atomic E-state index is -0.633. The van der Waals surface area contributed by atoms with Gasteiger partial charge in [0.05, 0.1) is 0 Å². The highest BCUT2D eigenvalue weighted by atomic mass is 19.1. The Kier molecular flexibility index (Phi) is 2.24. The van der Waals surface area contributed by atoms with Gasteiger partial charge in [-0.15, -0.1) is 0 Å². The number of nitrogens with zero attached hydrogens (tertiary/aromatic N) is 2. The highest BCUT2D eigenvalue weighted by Gasteiger charge is 2.36.